The van der Waals surface area contributed by atoms with Crippen LogP contribution in [0.5, 0.6) is 5.75 Å². The molecule has 0 aromatic heterocycles. The number of halogens is 1. The molecule has 0 spiro atoms. The molecule has 100 valence electrons. The number of aromatic nitrogens is 1. The molecule has 0 saturated heterocycles. The van der Waals surface area contributed by atoms with E-state index in [1.807, 2.05) is 0 Å². The number of rotatable bonds is 1. The van der Waals surface area contributed by atoms with Crippen LogP contribution < -0.4 is 5.43 Å². The molecule has 0 radical (unpaired) electrons. The fraction of sp³-hybridized carbons (Fsp3) is 0. The third kappa shape index (κ3) is 1.86. The lowest BCUT2D eigenvalue weighted by atomic mass is 10.1. The molecule has 0 unspecified atom stereocenters. The van der Waals surface area contributed by atoms with Crippen molar-refractivity contribution in [3.8, 4) is 17.2 Å². The van der Waals surface area contributed by atoms with Gasteiger partial charge in [-0.05, 0) is 6.07 Å². The van der Waals surface area contributed by atoms with Crippen molar-refractivity contribution in [3.05, 3.63) is 45.1 Å². The van der Waals surface area contributed by atoms with Crippen LogP contribution in [-0.4, -0.2) is 21.2 Å². The highest BCUT2D eigenvalue weighted by Crippen LogP contribution is 2.32. The molecule has 1 heterocycles. The van der Waals surface area contributed by atoms with Gasteiger partial charge in [-0.2, -0.15) is 0 Å². The summed E-state index contributed by atoms with van der Waals surface area (Å²) in [6.45, 7) is 0. The molecule has 0 amide bonds. The van der Waals surface area contributed by atoms with Crippen molar-refractivity contribution in [1.82, 2.24) is 4.98 Å². The summed E-state index contributed by atoms with van der Waals surface area (Å²) in [5, 5.41) is 18.7. The van der Waals surface area contributed by atoms with Crippen molar-refractivity contribution in [3.63, 3.8) is 0 Å². The van der Waals surface area contributed by atoms with E-state index in [1.165, 1.54) is 12.1 Å². The van der Waals surface area contributed by atoms with Gasteiger partial charge in [0.2, 0.25) is 0 Å². The maximum Gasteiger partial charge on any atom is 0.338 e. The highest BCUT2D eigenvalue weighted by atomic mass is 35.5. The Labute approximate surface area is 116 Å². The first-order chi connectivity index (χ1) is 9.45. The van der Waals surface area contributed by atoms with E-state index in [4.69, 9.17) is 21.1 Å². The third-order valence-corrected chi connectivity index (χ3v) is 3.06. The number of fused-ring (bicyclic) bond motifs is 2. The van der Waals surface area contributed by atoms with Crippen LogP contribution in [0.4, 0.5) is 0 Å². The highest BCUT2D eigenvalue weighted by molar-refractivity contribution is 6.32. The highest BCUT2D eigenvalue weighted by Gasteiger charge is 2.20. The molecule has 20 heavy (non-hydrogen) atoms. The van der Waals surface area contributed by atoms with Gasteiger partial charge in [0, 0.05) is 18.2 Å². The van der Waals surface area contributed by atoms with Crippen molar-refractivity contribution >= 4 is 28.7 Å². The van der Waals surface area contributed by atoms with Crippen molar-refractivity contribution in [1.29, 1.82) is 0 Å². The zero-order valence-electron chi connectivity index (χ0n) is 9.75. The monoisotopic (exact) mass is 291 g/mol. The topological polar surface area (TPSA) is 101 Å². The Bertz CT molecular complexity index is 886. The average molecular weight is 292 g/mol. The minimum Gasteiger partial charge on any atom is -0.506 e. The van der Waals surface area contributed by atoms with Gasteiger partial charge in [0.25, 0.3) is 0 Å². The minimum atomic E-state index is -1.28. The number of aromatic carboxylic acids is 1. The zero-order chi connectivity index (χ0) is 14.4. The Hall–Kier alpha value is -2.60. The quantitative estimate of drug-likeness (QED) is 0.667. The molecule has 1 aromatic carbocycles. The van der Waals surface area contributed by atoms with Crippen LogP contribution >= 0.6 is 11.6 Å². The molecule has 1 aliphatic carbocycles. The van der Waals surface area contributed by atoms with E-state index in [-0.39, 0.29) is 38.9 Å². The Morgan fingerprint density at radius 3 is 2.70 bits per heavy atom. The molecular weight excluding hydrogens is 286 g/mol. The summed E-state index contributed by atoms with van der Waals surface area (Å²) in [6.07, 6.45) is 0. The molecular formula is C13H6ClNO5. The number of nitrogens with zero attached hydrogens (tertiary/aromatic N) is 1. The molecule has 3 rings (SSSR count). The SMILES string of the molecule is O=C(O)c1cc(=O)cc2oc3cc(O)c(Cl)cc3nc1-2. The molecule has 0 fully saturated rings. The van der Waals surface area contributed by atoms with Gasteiger partial charge in [-0.25, -0.2) is 9.78 Å². The smallest absolute Gasteiger partial charge is 0.338 e. The van der Waals surface area contributed by atoms with Gasteiger partial charge >= 0.3 is 5.97 Å². The van der Waals surface area contributed by atoms with Gasteiger partial charge in [0.1, 0.15) is 17.0 Å². The van der Waals surface area contributed by atoms with Crippen LogP contribution in [0.2, 0.25) is 5.02 Å². The number of aromatic hydroxyl groups is 1. The fourth-order valence-corrected chi connectivity index (χ4v) is 2.04. The summed E-state index contributed by atoms with van der Waals surface area (Å²) in [4.78, 5) is 26.7. The third-order valence-electron chi connectivity index (χ3n) is 2.76. The first-order valence-corrected chi connectivity index (χ1v) is 5.84. The van der Waals surface area contributed by atoms with Gasteiger partial charge in [0.05, 0.1) is 10.6 Å². The molecule has 6 nitrogen and oxygen atoms in total. The predicted octanol–water partition coefficient (Wildman–Crippen LogP) is 2.35. The van der Waals surface area contributed by atoms with Crippen molar-refractivity contribution in [2.75, 3.05) is 0 Å². The summed E-state index contributed by atoms with van der Waals surface area (Å²) in [5.41, 5.74) is -0.227. The van der Waals surface area contributed by atoms with E-state index in [0.29, 0.717) is 0 Å². The lowest BCUT2D eigenvalue weighted by Crippen LogP contribution is -2.10. The van der Waals surface area contributed by atoms with E-state index in [0.717, 1.165) is 12.1 Å². The second-order valence-electron chi connectivity index (χ2n) is 4.11. The number of carbonyl (C=O) groups is 1. The first kappa shape index (κ1) is 12.4. The Morgan fingerprint density at radius 1 is 1.25 bits per heavy atom. The number of carboxylic acids is 1. The molecule has 0 atom stereocenters. The van der Waals surface area contributed by atoms with Gasteiger partial charge in [0.15, 0.2) is 16.8 Å². The van der Waals surface area contributed by atoms with Crippen LogP contribution in [0.25, 0.3) is 22.6 Å². The first-order valence-electron chi connectivity index (χ1n) is 5.46. The Kier molecular flexibility index (Phi) is 2.62. The van der Waals surface area contributed by atoms with Gasteiger partial charge in [-0.1, -0.05) is 11.6 Å². The van der Waals surface area contributed by atoms with Crippen molar-refractivity contribution in [2.45, 2.75) is 0 Å². The number of hydrogen-bond acceptors (Lipinski definition) is 5. The van der Waals surface area contributed by atoms with E-state index >= 15 is 0 Å². The van der Waals surface area contributed by atoms with Crippen molar-refractivity contribution in [2.24, 2.45) is 0 Å². The maximum atomic E-state index is 11.4. The largest absolute Gasteiger partial charge is 0.506 e. The minimum absolute atomic E-state index is 0.0316. The Morgan fingerprint density at radius 2 is 2.00 bits per heavy atom. The zero-order valence-corrected chi connectivity index (χ0v) is 10.5. The molecule has 0 bridgehead atoms. The summed E-state index contributed by atoms with van der Waals surface area (Å²) < 4.78 is 5.41. The van der Waals surface area contributed by atoms with E-state index in [2.05, 4.69) is 4.98 Å². The van der Waals surface area contributed by atoms with Gasteiger partial charge in [-0.3, -0.25) is 4.79 Å². The van der Waals surface area contributed by atoms with Gasteiger partial charge in [-0.15, -0.1) is 0 Å². The normalized spacial score (nSPS) is 11.1. The lowest BCUT2D eigenvalue weighted by molar-refractivity contribution is 0.0697. The average Bonchev–Trinajstić information content (AvgIpc) is 2.37. The van der Waals surface area contributed by atoms with Crippen LogP contribution in [0, 0.1) is 0 Å². The maximum absolute atomic E-state index is 11.4. The second-order valence-corrected chi connectivity index (χ2v) is 4.52. The number of hydrogen-bond donors (Lipinski definition) is 2. The van der Waals surface area contributed by atoms with E-state index in [9.17, 15) is 14.7 Å². The van der Waals surface area contributed by atoms with Crippen molar-refractivity contribution < 1.29 is 19.4 Å². The van der Waals surface area contributed by atoms with Crippen LogP contribution in [0.15, 0.2) is 33.5 Å². The fourth-order valence-electron chi connectivity index (χ4n) is 1.88. The standard InChI is InChI=1S/C13H6ClNO5/c14-7-3-8-10(4-9(7)17)20-11-2-5(16)1-6(13(18)19)12(11)15-8/h1-4,17H,(H,18,19). The second kappa shape index (κ2) is 4.21. The van der Waals surface area contributed by atoms with Gasteiger partial charge < -0.3 is 14.6 Å². The summed E-state index contributed by atoms with van der Waals surface area (Å²) in [5.74, 6) is -1.44. The molecule has 0 saturated carbocycles. The Balaban J connectivity index is 2.47. The molecule has 1 aromatic rings. The molecule has 1 aliphatic heterocycles. The van der Waals surface area contributed by atoms with E-state index < -0.39 is 11.4 Å². The number of phenols is 1. The number of benzene rings is 2. The predicted molar refractivity (Wildman–Crippen MR) is 70.5 cm³/mol. The van der Waals surface area contributed by atoms with E-state index in [1.54, 1.807) is 0 Å². The van der Waals surface area contributed by atoms with Crippen LogP contribution in [0.3, 0.4) is 0 Å². The summed E-state index contributed by atoms with van der Waals surface area (Å²) in [6, 6.07) is 4.72. The molecule has 7 heteroatoms. The number of carboxylic acid groups (broad SMARTS) is 1. The molecule has 2 aliphatic rings. The molecule has 2 N–H and O–H groups in total. The summed E-state index contributed by atoms with van der Waals surface area (Å²) in [7, 11) is 0. The number of phenolic OH excluding ortho intramolecular Hbond substituents is 1. The van der Waals surface area contributed by atoms with Crippen LogP contribution in [0.1, 0.15) is 10.4 Å². The summed E-state index contributed by atoms with van der Waals surface area (Å²) >= 11 is 5.77. The lowest BCUT2D eigenvalue weighted by Gasteiger charge is -2.09. The van der Waals surface area contributed by atoms with Crippen LogP contribution in [-0.2, 0) is 0 Å².